The number of aromatic nitrogens is 1. The number of rotatable bonds is 5. The summed E-state index contributed by atoms with van der Waals surface area (Å²) in [6, 6.07) is 9.76. The van der Waals surface area contributed by atoms with E-state index in [1.165, 1.54) is 0 Å². The first-order valence-corrected chi connectivity index (χ1v) is 9.19. The van der Waals surface area contributed by atoms with Gasteiger partial charge in [0.1, 0.15) is 5.69 Å². The number of benzene rings is 1. The van der Waals surface area contributed by atoms with Crippen molar-refractivity contribution in [3.8, 4) is 0 Å². The number of fused-ring (bicyclic) bond motifs is 1. The van der Waals surface area contributed by atoms with Crippen LogP contribution in [0.25, 0.3) is 10.9 Å². The highest BCUT2D eigenvalue weighted by atomic mass is 16.2. The number of nitrogens with one attached hydrogen (secondary N) is 2. The number of para-hydroxylation sites is 1. The van der Waals surface area contributed by atoms with Gasteiger partial charge < -0.3 is 15.2 Å². The molecule has 1 aliphatic heterocycles. The van der Waals surface area contributed by atoms with Crippen molar-refractivity contribution in [2.45, 2.75) is 33.1 Å². The second-order valence-corrected chi connectivity index (χ2v) is 7.33. The summed E-state index contributed by atoms with van der Waals surface area (Å²) in [6.07, 6.45) is 2.70. The van der Waals surface area contributed by atoms with Crippen LogP contribution in [0.5, 0.6) is 0 Å². The van der Waals surface area contributed by atoms with E-state index in [-0.39, 0.29) is 17.7 Å². The van der Waals surface area contributed by atoms with Gasteiger partial charge in [-0.1, -0.05) is 32.0 Å². The Hall–Kier alpha value is -2.30. The molecule has 1 aromatic heterocycles. The molecule has 0 aliphatic carbocycles. The summed E-state index contributed by atoms with van der Waals surface area (Å²) in [6.45, 7) is 6.22. The molecule has 1 aliphatic rings. The molecule has 0 bridgehead atoms. The summed E-state index contributed by atoms with van der Waals surface area (Å²) in [4.78, 5) is 30.2. The molecule has 0 saturated carbocycles. The maximum atomic E-state index is 12.8. The fraction of sp³-hybridized carbons (Fsp3) is 0.500. The van der Waals surface area contributed by atoms with Crippen LogP contribution in [-0.2, 0) is 4.79 Å². The van der Waals surface area contributed by atoms with Gasteiger partial charge in [0.15, 0.2) is 0 Å². The largest absolute Gasteiger partial charge is 0.356 e. The van der Waals surface area contributed by atoms with Crippen molar-refractivity contribution in [1.29, 1.82) is 0 Å². The van der Waals surface area contributed by atoms with E-state index < -0.39 is 0 Å². The van der Waals surface area contributed by atoms with E-state index >= 15 is 0 Å². The van der Waals surface area contributed by atoms with Crippen molar-refractivity contribution >= 4 is 22.7 Å². The summed E-state index contributed by atoms with van der Waals surface area (Å²) in [7, 11) is 0. The molecule has 2 amide bonds. The lowest BCUT2D eigenvalue weighted by atomic mass is 9.96. The Kier molecular flexibility index (Phi) is 5.41. The maximum Gasteiger partial charge on any atom is 0.270 e. The molecule has 5 nitrogen and oxygen atoms in total. The van der Waals surface area contributed by atoms with Crippen molar-refractivity contribution in [2.24, 2.45) is 11.8 Å². The molecule has 1 fully saturated rings. The molecule has 25 heavy (non-hydrogen) atoms. The molecule has 134 valence electrons. The minimum Gasteiger partial charge on any atom is -0.356 e. The normalized spacial score (nSPS) is 17.9. The van der Waals surface area contributed by atoms with E-state index in [2.05, 4.69) is 24.1 Å². The molecule has 2 N–H and O–H groups in total. The molecular formula is C20H27N3O2. The number of amides is 2. The highest BCUT2D eigenvalue weighted by Gasteiger charge is 2.29. The van der Waals surface area contributed by atoms with Gasteiger partial charge in [-0.25, -0.2) is 0 Å². The Bertz CT molecular complexity index is 717. The summed E-state index contributed by atoms with van der Waals surface area (Å²) >= 11 is 0. The van der Waals surface area contributed by atoms with Crippen molar-refractivity contribution in [2.75, 3.05) is 19.6 Å². The van der Waals surface area contributed by atoms with Crippen LogP contribution >= 0.6 is 0 Å². The fourth-order valence-corrected chi connectivity index (χ4v) is 3.36. The van der Waals surface area contributed by atoms with Crippen LogP contribution in [0.3, 0.4) is 0 Å². The zero-order chi connectivity index (χ0) is 17.8. The van der Waals surface area contributed by atoms with Gasteiger partial charge >= 0.3 is 0 Å². The summed E-state index contributed by atoms with van der Waals surface area (Å²) in [5.41, 5.74) is 1.56. The van der Waals surface area contributed by atoms with Crippen molar-refractivity contribution in [3.63, 3.8) is 0 Å². The highest BCUT2D eigenvalue weighted by molar-refractivity contribution is 5.98. The maximum absolute atomic E-state index is 12.8. The quantitative estimate of drug-likeness (QED) is 0.877. The van der Waals surface area contributed by atoms with Crippen molar-refractivity contribution < 1.29 is 9.59 Å². The SMILES string of the molecule is CC(C)CCNC(=O)[C@@H]1CCCN(C(=O)c2cc3ccccc3[nH]2)C1. The molecule has 0 spiro atoms. The van der Waals surface area contributed by atoms with E-state index in [1.807, 2.05) is 30.3 Å². The van der Waals surface area contributed by atoms with Gasteiger partial charge in [-0.05, 0) is 37.3 Å². The van der Waals surface area contributed by atoms with Gasteiger partial charge in [0.2, 0.25) is 5.91 Å². The molecular weight excluding hydrogens is 314 g/mol. The van der Waals surface area contributed by atoms with Gasteiger partial charge in [-0.15, -0.1) is 0 Å². The topological polar surface area (TPSA) is 65.2 Å². The summed E-state index contributed by atoms with van der Waals surface area (Å²) in [5, 5.41) is 4.05. The predicted molar refractivity (Wildman–Crippen MR) is 99.4 cm³/mol. The van der Waals surface area contributed by atoms with E-state index in [1.54, 1.807) is 4.90 Å². The molecule has 2 aromatic rings. The number of H-pyrrole nitrogens is 1. The van der Waals surface area contributed by atoms with Crippen molar-refractivity contribution in [1.82, 2.24) is 15.2 Å². The van der Waals surface area contributed by atoms with Crippen LogP contribution in [-0.4, -0.2) is 41.3 Å². The van der Waals surface area contributed by atoms with Gasteiger partial charge in [-0.2, -0.15) is 0 Å². The van der Waals surface area contributed by atoms with Gasteiger partial charge in [-0.3, -0.25) is 9.59 Å². The number of carbonyl (C=O) groups is 2. The number of aromatic amines is 1. The van der Waals surface area contributed by atoms with Gasteiger partial charge in [0, 0.05) is 30.5 Å². The van der Waals surface area contributed by atoms with E-state index in [4.69, 9.17) is 0 Å². The molecule has 2 heterocycles. The summed E-state index contributed by atoms with van der Waals surface area (Å²) in [5.74, 6) is 0.534. The monoisotopic (exact) mass is 341 g/mol. The fourth-order valence-electron chi connectivity index (χ4n) is 3.36. The second-order valence-electron chi connectivity index (χ2n) is 7.33. The Morgan fingerprint density at radius 1 is 1.32 bits per heavy atom. The lowest BCUT2D eigenvalue weighted by Gasteiger charge is -2.31. The zero-order valence-electron chi connectivity index (χ0n) is 15.0. The third kappa shape index (κ3) is 4.21. The number of likely N-dealkylation sites (tertiary alicyclic amines) is 1. The van der Waals surface area contributed by atoms with Crippen LogP contribution in [0.2, 0.25) is 0 Å². The Morgan fingerprint density at radius 2 is 2.12 bits per heavy atom. The van der Waals surface area contributed by atoms with Crippen molar-refractivity contribution in [3.05, 3.63) is 36.0 Å². The summed E-state index contributed by atoms with van der Waals surface area (Å²) < 4.78 is 0. The lowest BCUT2D eigenvalue weighted by molar-refractivity contribution is -0.126. The van der Waals surface area contributed by atoms with Crippen LogP contribution in [0.4, 0.5) is 0 Å². The van der Waals surface area contributed by atoms with Gasteiger partial charge in [0.05, 0.1) is 5.92 Å². The first-order valence-electron chi connectivity index (χ1n) is 9.19. The third-order valence-corrected chi connectivity index (χ3v) is 4.86. The minimum atomic E-state index is -0.103. The van der Waals surface area contributed by atoms with Crippen LogP contribution in [0, 0.1) is 11.8 Å². The minimum absolute atomic E-state index is 0.0177. The number of carbonyl (C=O) groups excluding carboxylic acids is 2. The van der Waals surface area contributed by atoms with E-state index in [0.717, 1.165) is 30.2 Å². The van der Waals surface area contributed by atoms with Crippen LogP contribution in [0.15, 0.2) is 30.3 Å². The average molecular weight is 341 g/mol. The van der Waals surface area contributed by atoms with Gasteiger partial charge in [0.25, 0.3) is 5.91 Å². The first-order chi connectivity index (χ1) is 12.0. The standard InChI is InChI=1S/C20H27N3O2/c1-14(2)9-10-21-19(24)16-7-5-11-23(13-16)20(25)18-12-15-6-3-4-8-17(15)22-18/h3-4,6,8,12,14,16,22H,5,7,9-11,13H2,1-2H3,(H,21,24)/t16-/m1/s1. The molecule has 3 rings (SSSR count). The number of nitrogens with zero attached hydrogens (tertiary/aromatic N) is 1. The lowest BCUT2D eigenvalue weighted by Crippen LogP contribution is -2.45. The molecule has 0 unspecified atom stereocenters. The molecule has 0 radical (unpaired) electrons. The smallest absolute Gasteiger partial charge is 0.270 e. The predicted octanol–water partition coefficient (Wildman–Crippen LogP) is 3.18. The number of piperidine rings is 1. The third-order valence-electron chi connectivity index (χ3n) is 4.86. The van der Waals surface area contributed by atoms with Crippen LogP contribution < -0.4 is 5.32 Å². The number of hydrogen-bond acceptors (Lipinski definition) is 2. The highest BCUT2D eigenvalue weighted by Crippen LogP contribution is 2.21. The Morgan fingerprint density at radius 3 is 2.88 bits per heavy atom. The molecule has 1 aromatic carbocycles. The Labute approximate surface area is 148 Å². The molecule has 1 atom stereocenters. The first kappa shape index (κ1) is 17.5. The Balaban J connectivity index is 1.62. The van der Waals surface area contributed by atoms with E-state index in [9.17, 15) is 9.59 Å². The molecule has 5 heteroatoms. The number of hydrogen-bond donors (Lipinski definition) is 2. The average Bonchev–Trinajstić information content (AvgIpc) is 3.05. The van der Waals surface area contributed by atoms with Crippen LogP contribution in [0.1, 0.15) is 43.6 Å². The van der Waals surface area contributed by atoms with E-state index in [0.29, 0.717) is 31.2 Å². The molecule has 1 saturated heterocycles. The second kappa shape index (κ2) is 7.72. The zero-order valence-corrected chi connectivity index (χ0v) is 15.0.